The van der Waals surface area contributed by atoms with Crippen molar-refractivity contribution in [1.29, 1.82) is 5.41 Å². The van der Waals surface area contributed by atoms with Gasteiger partial charge in [-0.3, -0.25) is 14.6 Å². The molecule has 196 valence electrons. The monoisotopic (exact) mass is 501 g/mol. The number of aryl methyl sites for hydroxylation is 1. The number of para-hydroxylation sites is 1. The fourth-order valence-corrected chi connectivity index (χ4v) is 5.55. The second-order valence-electron chi connectivity index (χ2n) is 10.3. The Hall–Kier alpha value is -3.32. The first kappa shape index (κ1) is 26.7. The van der Waals surface area contributed by atoms with Crippen molar-refractivity contribution in [2.75, 3.05) is 7.05 Å². The van der Waals surface area contributed by atoms with Gasteiger partial charge in [-0.2, -0.15) is 0 Å². The quantitative estimate of drug-likeness (QED) is 0.337. The van der Waals surface area contributed by atoms with E-state index < -0.39 is 18.0 Å². The van der Waals surface area contributed by atoms with Gasteiger partial charge in [0.25, 0.3) is 0 Å². The SMILES string of the molecule is CCC(C(=N)C(=O)C(NC(=O)C(C)NC)C1CCCCC1)c1cncc(-n2cc(C)c3ccccc32)c1. The average Bonchev–Trinajstić information content (AvgIpc) is 3.28. The molecule has 4 rings (SSSR count). The molecule has 1 saturated carbocycles. The molecule has 1 aromatic carbocycles. The van der Waals surface area contributed by atoms with Crippen molar-refractivity contribution in [2.45, 2.75) is 77.3 Å². The van der Waals surface area contributed by atoms with Gasteiger partial charge in [0, 0.05) is 23.7 Å². The number of likely N-dealkylation sites (N-methyl/N-ethyl adjacent to an activating group) is 1. The van der Waals surface area contributed by atoms with Crippen LogP contribution >= 0.6 is 0 Å². The van der Waals surface area contributed by atoms with Gasteiger partial charge in [0.1, 0.15) is 0 Å². The Morgan fingerprint density at radius 1 is 1.16 bits per heavy atom. The molecule has 2 aromatic heterocycles. The van der Waals surface area contributed by atoms with Crippen LogP contribution in [0.1, 0.15) is 69.4 Å². The largest absolute Gasteiger partial charge is 0.344 e. The lowest BCUT2D eigenvalue weighted by atomic mass is 9.78. The number of rotatable bonds is 10. The third-order valence-corrected chi connectivity index (χ3v) is 7.89. The highest BCUT2D eigenvalue weighted by Gasteiger charge is 2.36. The molecular weight excluding hydrogens is 462 g/mol. The number of ketones is 1. The van der Waals surface area contributed by atoms with Crippen LogP contribution in [0.4, 0.5) is 0 Å². The highest BCUT2D eigenvalue weighted by Crippen LogP contribution is 2.30. The van der Waals surface area contributed by atoms with Crippen LogP contribution in [0.5, 0.6) is 0 Å². The molecule has 2 heterocycles. The molecule has 7 nitrogen and oxygen atoms in total. The maximum absolute atomic E-state index is 13.8. The Morgan fingerprint density at radius 2 is 1.89 bits per heavy atom. The zero-order valence-corrected chi connectivity index (χ0v) is 22.4. The molecule has 0 bridgehead atoms. The van der Waals surface area contributed by atoms with E-state index >= 15 is 0 Å². The predicted octanol–water partition coefficient (Wildman–Crippen LogP) is 5.09. The number of hydrogen-bond acceptors (Lipinski definition) is 5. The van der Waals surface area contributed by atoms with Gasteiger partial charge in [0.2, 0.25) is 5.91 Å². The third kappa shape index (κ3) is 5.67. The van der Waals surface area contributed by atoms with Crippen molar-refractivity contribution in [2.24, 2.45) is 5.92 Å². The fraction of sp³-hybridized carbons (Fsp3) is 0.467. The Bertz CT molecular complexity index is 1270. The molecule has 0 radical (unpaired) electrons. The first-order chi connectivity index (χ1) is 17.8. The molecule has 37 heavy (non-hydrogen) atoms. The van der Waals surface area contributed by atoms with Crippen LogP contribution < -0.4 is 10.6 Å². The van der Waals surface area contributed by atoms with Gasteiger partial charge in [-0.15, -0.1) is 0 Å². The van der Waals surface area contributed by atoms with Gasteiger partial charge in [0.15, 0.2) is 5.78 Å². The number of carbonyl (C=O) groups excluding carboxylic acids is 2. The van der Waals surface area contributed by atoms with Crippen LogP contribution in [0.15, 0.2) is 48.9 Å². The van der Waals surface area contributed by atoms with E-state index in [1.807, 2.05) is 31.3 Å². The number of hydrogen-bond donors (Lipinski definition) is 3. The maximum Gasteiger partial charge on any atom is 0.237 e. The number of amides is 1. The average molecular weight is 502 g/mol. The summed E-state index contributed by atoms with van der Waals surface area (Å²) in [7, 11) is 1.73. The van der Waals surface area contributed by atoms with Crippen molar-refractivity contribution in [3.63, 3.8) is 0 Å². The van der Waals surface area contributed by atoms with E-state index in [1.165, 1.54) is 10.9 Å². The molecule has 3 N–H and O–H groups in total. The topological polar surface area (TPSA) is 99.9 Å². The zero-order valence-electron chi connectivity index (χ0n) is 22.4. The first-order valence-electron chi connectivity index (χ1n) is 13.5. The van der Waals surface area contributed by atoms with Crippen LogP contribution in [-0.2, 0) is 9.59 Å². The molecule has 3 unspecified atom stereocenters. The van der Waals surface area contributed by atoms with Crippen molar-refractivity contribution in [3.05, 3.63) is 60.0 Å². The lowest BCUT2D eigenvalue weighted by molar-refractivity contribution is -0.127. The van der Waals surface area contributed by atoms with Crippen LogP contribution in [0.3, 0.4) is 0 Å². The summed E-state index contributed by atoms with van der Waals surface area (Å²) >= 11 is 0. The molecule has 0 saturated heterocycles. The van der Waals surface area contributed by atoms with E-state index in [0.717, 1.165) is 48.9 Å². The second kappa shape index (κ2) is 11.8. The van der Waals surface area contributed by atoms with Gasteiger partial charge in [0.05, 0.1) is 35.2 Å². The molecule has 0 spiro atoms. The second-order valence-corrected chi connectivity index (χ2v) is 10.3. The smallest absolute Gasteiger partial charge is 0.237 e. The number of nitrogens with zero attached hydrogens (tertiary/aromatic N) is 2. The molecule has 1 aliphatic rings. The number of pyridine rings is 1. The van der Waals surface area contributed by atoms with Gasteiger partial charge >= 0.3 is 0 Å². The van der Waals surface area contributed by atoms with Gasteiger partial charge < -0.3 is 20.6 Å². The summed E-state index contributed by atoms with van der Waals surface area (Å²) in [5.41, 5.74) is 4.06. The van der Waals surface area contributed by atoms with Crippen LogP contribution in [0.2, 0.25) is 0 Å². The standard InChI is InChI=1S/C30H39N5O2/c1-5-24(22-15-23(17-33-16-22)35-18-19(2)25-13-9-10-14-26(25)35)27(31)29(36)28(21-11-7-6-8-12-21)34-30(37)20(3)32-4/h9-10,13-18,20-21,24,28,31-32H,5-8,11-12H2,1-4H3,(H,34,37). The maximum atomic E-state index is 13.8. The lowest BCUT2D eigenvalue weighted by Gasteiger charge is -2.32. The summed E-state index contributed by atoms with van der Waals surface area (Å²) in [5.74, 6) is -0.813. The number of carbonyl (C=O) groups is 2. The molecular formula is C30H39N5O2. The van der Waals surface area contributed by atoms with Gasteiger partial charge in [-0.25, -0.2) is 0 Å². The van der Waals surface area contributed by atoms with Gasteiger partial charge in [-0.1, -0.05) is 44.4 Å². The Kier molecular flexibility index (Phi) is 8.54. The minimum Gasteiger partial charge on any atom is -0.344 e. The Morgan fingerprint density at radius 3 is 2.59 bits per heavy atom. The number of Topliss-reactive ketones (excluding diaryl/α,β-unsaturated/α-hetero) is 1. The highest BCUT2D eigenvalue weighted by molar-refractivity contribution is 6.42. The van der Waals surface area contributed by atoms with Crippen LogP contribution in [0.25, 0.3) is 16.6 Å². The normalized spacial score (nSPS) is 16.8. The predicted molar refractivity (Wildman–Crippen MR) is 149 cm³/mol. The van der Waals surface area contributed by atoms with Crippen molar-refractivity contribution in [3.8, 4) is 5.69 Å². The summed E-state index contributed by atoms with van der Waals surface area (Å²) in [5, 5.41) is 16.1. The number of fused-ring (bicyclic) bond motifs is 1. The van der Waals surface area contributed by atoms with E-state index in [-0.39, 0.29) is 23.3 Å². The van der Waals surface area contributed by atoms with E-state index in [0.29, 0.717) is 6.42 Å². The minimum absolute atomic E-state index is 0.0444. The summed E-state index contributed by atoms with van der Waals surface area (Å²) in [6.07, 6.45) is 11.3. The number of aromatic nitrogens is 2. The lowest BCUT2D eigenvalue weighted by Crippen LogP contribution is -2.53. The van der Waals surface area contributed by atoms with E-state index in [4.69, 9.17) is 5.41 Å². The number of nitrogens with one attached hydrogen (secondary N) is 3. The summed E-state index contributed by atoms with van der Waals surface area (Å²) in [6.45, 7) is 5.86. The molecule has 1 fully saturated rings. The van der Waals surface area contributed by atoms with Crippen molar-refractivity contribution >= 4 is 28.3 Å². The van der Waals surface area contributed by atoms with E-state index in [1.54, 1.807) is 20.2 Å². The van der Waals surface area contributed by atoms with E-state index in [2.05, 4.69) is 45.4 Å². The zero-order chi connectivity index (χ0) is 26.5. The highest BCUT2D eigenvalue weighted by atomic mass is 16.2. The van der Waals surface area contributed by atoms with Crippen LogP contribution in [0, 0.1) is 18.3 Å². The van der Waals surface area contributed by atoms with Crippen LogP contribution in [-0.4, -0.2) is 46.1 Å². The Balaban J connectivity index is 1.63. The third-order valence-electron chi connectivity index (χ3n) is 7.89. The summed E-state index contributed by atoms with van der Waals surface area (Å²) in [6, 6.07) is 9.21. The molecule has 0 aliphatic heterocycles. The summed E-state index contributed by atoms with van der Waals surface area (Å²) in [4.78, 5) is 31.1. The fourth-order valence-electron chi connectivity index (χ4n) is 5.55. The Labute approximate surface area is 219 Å². The van der Waals surface area contributed by atoms with Crippen molar-refractivity contribution in [1.82, 2.24) is 20.2 Å². The van der Waals surface area contributed by atoms with E-state index in [9.17, 15) is 9.59 Å². The van der Waals surface area contributed by atoms with Gasteiger partial charge in [-0.05, 0) is 69.3 Å². The van der Waals surface area contributed by atoms with Crippen molar-refractivity contribution < 1.29 is 9.59 Å². The molecule has 3 atom stereocenters. The molecule has 3 aromatic rings. The minimum atomic E-state index is -0.669. The number of benzene rings is 1. The summed E-state index contributed by atoms with van der Waals surface area (Å²) < 4.78 is 2.11. The molecule has 1 aliphatic carbocycles. The molecule has 7 heteroatoms. The molecule has 1 amide bonds. The first-order valence-corrected chi connectivity index (χ1v) is 13.5.